The van der Waals surface area contributed by atoms with E-state index in [2.05, 4.69) is 19.0 Å². The number of carbonyl (C=O) groups excluding carboxylic acids is 1. The molecular formula is C10H19NO2. The summed E-state index contributed by atoms with van der Waals surface area (Å²) < 4.78 is 5.26. The molecule has 13 heavy (non-hydrogen) atoms. The lowest BCUT2D eigenvalue weighted by Crippen LogP contribution is -2.29. The van der Waals surface area contributed by atoms with Crippen molar-refractivity contribution in [2.45, 2.75) is 32.3 Å². The van der Waals surface area contributed by atoms with Gasteiger partial charge in [0.15, 0.2) is 0 Å². The van der Waals surface area contributed by atoms with Crippen LogP contribution in [0.3, 0.4) is 0 Å². The average Bonchev–Trinajstić information content (AvgIpc) is 2.34. The van der Waals surface area contributed by atoms with Gasteiger partial charge in [-0.15, -0.1) is 0 Å². The van der Waals surface area contributed by atoms with E-state index in [-0.39, 0.29) is 12.1 Å². The fourth-order valence-electron chi connectivity index (χ4n) is 2.05. The second-order valence-electron chi connectivity index (χ2n) is 4.10. The van der Waals surface area contributed by atoms with E-state index in [9.17, 15) is 4.79 Å². The predicted octanol–water partition coefficient (Wildman–Crippen LogP) is 1.28. The molecule has 2 atom stereocenters. The molecule has 0 heterocycles. The number of hydrogen-bond donors (Lipinski definition) is 0. The van der Waals surface area contributed by atoms with Crippen LogP contribution in [0.2, 0.25) is 0 Å². The van der Waals surface area contributed by atoms with E-state index in [1.165, 1.54) is 19.8 Å². The monoisotopic (exact) mass is 185 g/mol. The molecule has 3 heteroatoms. The quantitative estimate of drug-likeness (QED) is 0.620. The first kappa shape index (κ1) is 10.5. The van der Waals surface area contributed by atoms with Gasteiger partial charge in [-0.05, 0) is 33.4 Å². The van der Waals surface area contributed by atoms with E-state index >= 15 is 0 Å². The van der Waals surface area contributed by atoms with Crippen molar-refractivity contribution < 1.29 is 9.53 Å². The number of rotatable bonds is 3. The molecule has 3 nitrogen and oxygen atoms in total. The highest BCUT2D eigenvalue weighted by Gasteiger charge is 2.29. The zero-order chi connectivity index (χ0) is 9.84. The van der Waals surface area contributed by atoms with Gasteiger partial charge in [0, 0.05) is 19.4 Å². The van der Waals surface area contributed by atoms with Crippen LogP contribution in [0.25, 0.3) is 0 Å². The molecule has 0 bridgehead atoms. The fraction of sp³-hybridized carbons (Fsp3) is 0.900. The summed E-state index contributed by atoms with van der Waals surface area (Å²) in [5.74, 6) is 0.398. The SMILES string of the molecule is CC(=O)O[C@@H]1CCC[C@@H]1CN(C)C. The first-order valence-electron chi connectivity index (χ1n) is 4.91. The molecule has 1 aliphatic rings. The lowest BCUT2D eigenvalue weighted by molar-refractivity contribution is -0.148. The summed E-state index contributed by atoms with van der Waals surface area (Å²) in [6.45, 7) is 2.52. The molecule has 1 fully saturated rings. The average molecular weight is 185 g/mol. The number of carbonyl (C=O) groups is 1. The van der Waals surface area contributed by atoms with Crippen molar-refractivity contribution in [1.29, 1.82) is 0 Å². The van der Waals surface area contributed by atoms with Gasteiger partial charge in [0.1, 0.15) is 6.10 Å². The van der Waals surface area contributed by atoms with E-state index < -0.39 is 0 Å². The summed E-state index contributed by atoms with van der Waals surface area (Å²) in [4.78, 5) is 13.0. The van der Waals surface area contributed by atoms with Gasteiger partial charge in [-0.2, -0.15) is 0 Å². The molecule has 0 saturated heterocycles. The Kier molecular flexibility index (Phi) is 3.72. The van der Waals surface area contributed by atoms with Gasteiger partial charge in [-0.25, -0.2) is 0 Å². The second-order valence-corrected chi connectivity index (χ2v) is 4.10. The maximum atomic E-state index is 10.8. The molecule has 0 radical (unpaired) electrons. The smallest absolute Gasteiger partial charge is 0.302 e. The maximum absolute atomic E-state index is 10.8. The van der Waals surface area contributed by atoms with Crippen molar-refractivity contribution in [2.24, 2.45) is 5.92 Å². The molecule has 0 aromatic heterocycles. The Labute approximate surface area is 80.1 Å². The highest BCUT2D eigenvalue weighted by Crippen LogP contribution is 2.28. The van der Waals surface area contributed by atoms with Gasteiger partial charge in [-0.1, -0.05) is 0 Å². The Balaban J connectivity index is 2.39. The van der Waals surface area contributed by atoms with E-state index in [1.54, 1.807) is 0 Å². The summed E-state index contributed by atoms with van der Waals surface area (Å²) in [5.41, 5.74) is 0. The molecule has 1 aliphatic carbocycles. The first-order chi connectivity index (χ1) is 6.09. The Morgan fingerprint density at radius 2 is 2.15 bits per heavy atom. The van der Waals surface area contributed by atoms with Crippen LogP contribution in [-0.4, -0.2) is 37.6 Å². The zero-order valence-electron chi connectivity index (χ0n) is 8.75. The third-order valence-electron chi connectivity index (χ3n) is 2.51. The summed E-state index contributed by atoms with van der Waals surface area (Å²) in [6.07, 6.45) is 3.59. The molecule has 0 amide bonds. The zero-order valence-corrected chi connectivity index (χ0v) is 8.75. The molecule has 0 aromatic carbocycles. The Hall–Kier alpha value is -0.570. The van der Waals surface area contributed by atoms with Crippen LogP contribution >= 0.6 is 0 Å². The molecule has 76 valence electrons. The largest absolute Gasteiger partial charge is 0.462 e. The van der Waals surface area contributed by atoms with Gasteiger partial charge in [0.05, 0.1) is 0 Å². The fourth-order valence-corrected chi connectivity index (χ4v) is 2.05. The maximum Gasteiger partial charge on any atom is 0.302 e. The van der Waals surface area contributed by atoms with Crippen molar-refractivity contribution in [1.82, 2.24) is 4.90 Å². The summed E-state index contributed by atoms with van der Waals surface area (Å²) in [7, 11) is 4.12. The Morgan fingerprint density at radius 3 is 2.69 bits per heavy atom. The Morgan fingerprint density at radius 1 is 1.46 bits per heavy atom. The van der Waals surface area contributed by atoms with E-state index in [0.717, 1.165) is 13.0 Å². The van der Waals surface area contributed by atoms with Crippen LogP contribution in [0.1, 0.15) is 26.2 Å². The third-order valence-corrected chi connectivity index (χ3v) is 2.51. The topological polar surface area (TPSA) is 29.5 Å². The lowest BCUT2D eigenvalue weighted by Gasteiger charge is -2.22. The lowest BCUT2D eigenvalue weighted by atomic mass is 10.1. The van der Waals surface area contributed by atoms with Crippen LogP contribution in [0.5, 0.6) is 0 Å². The molecular weight excluding hydrogens is 166 g/mol. The minimum absolute atomic E-state index is 0.143. The van der Waals surface area contributed by atoms with Crippen molar-refractivity contribution in [3.05, 3.63) is 0 Å². The van der Waals surface area contributed by atoms with Crippen LogP contribution < -0.4 is 0 Å². The van der Waals surface area contributed by atoms with Crippen molar-refractivity contribution >= 4 is 5.97 Å². The third kappa shape index (κ3) is 3.35. The van der Waals surface area contributed by atoms with Gasteiger partial charge >= 0.3 is 5.97 Å². The van der Waals surface area contributed by atoms with Crippen LogP contribution in [0.15, 0.2) is 0 Å². The standard InChI is InChI=1S/C10H19NO2/c1-8(12)13-10-6-4-5-9(10)7-11(2)3/h9-10H,4-7H2,1-3H3/t9-,10-/m1/s1. The van der Waals surface area contributed by atoms with Gasteiger partial charge in [0.25, 0.3) is 0 Å². The van der Waals surface area contributed by atoms with E-state index in [4.69, 9.17) is 4.74 Å². The molecule has 0 unspecified atom stereocenters. The van der Waals surface area contributed by atoms with E-state index in [0.29, 0.717) is 5.92 Å². The number of nitrogens with zero attached hydrogens (tertiary/aromatic N) is 1. The van der Waals surface area contributed by atoms with Crippen molar-refractivity contribution in [2.75, 3.05) is 20.6 Å². The van der Waals surface area contributed by atoms with Crippen LogP contribution in [0, 0.1) is 5.92 Å². The molecule has 0 spiro atoms. The summed E-state index contributed by atoms with van der Waals surface area (Å²) in [5, 5.41) is 0. The number of hydrogen-bond acceptors (Lipinski definition) is 3. The molecule has 0 aromatic rings. The van der Waals surface area contributed by atoms with Crippen LogP contribution in [-0.2, 0) is 9.53 Å². The van der Waals surface area contributed by atoms with Gasteiger partial charge in [-0.3, -0.25) is 4.79 Å². The number of ether oxygens (including phenoxy) is 1. The van der Waals surface area contributed by atoms with Crippen molar-refractivity contribution in [3.63, 3.8) is 0 Å². The van der Waals surface area contributed by atoms with Crippen LogP contribution in [0.4, 0.5) is 0 Å². The minimum Gasteiger partial charge on any atom is -0.462 e. The minimum atomic E-state index is -0.143. The normalized spacial score (nSPS) is 28.0. The van der Waals surface area contributed by atoms with Gasteiger partial charge in [0.2, 0.25) is 0 Å². The van der Waals surface area contributed by atoms with E-state index in [1.807, 2.05) is 0 Å². The molecule has 1 saturated carbocycles. The van der Waals surface area contributed by atoms with Crippen molar-refractivity contribution in [3.8, 4) is 0 Å². The second kappa shape index (κ2) is 4.61. The first-order valence-corrected chi connectivity index (χ1v) is 4.91. The predicted molar refractivity (Wildman–Crippen MR) is 51.4 cm³/mol. The highest BCUT2D eigenvalue weighted by atomic mass is 16.5. The highest BCUT2D eigenvalue weighted by molar-refractivity contribution is 5.66. The number of esters is 1. The molecule has 1 rings (SSSR count). The summed E-state index contributed by atoms with van der Waals surface area (Å²) in [6, 6.07) is 0. The molecule has 0 N–H and O–H groups in total. The summed E-state index contributed by atoms with van der Waals surface area (Å²) >= 11 is 0. The molecule has 0 aliphatic heterocycles. The Bertz CT molecular complexity index is 180. The van der Waals surface area contributed by atoms with Gasteiger partial charge < -0.3 is 9.64 Å².